The van der Waals surface area contributed by atoms with E-state index in [-0.39, 0.29) is 18.0 Å². The summed E-state index contributed by atoms with van der Waals surface area (Å²) in [5, 5.41) is 3.17. The van der Waals surface area contributed by atoms with Gasteiger partial charge in [0.2, 0.25) is 0 Å². The third kappa shape index (κ3) is 3.72. The van der Waals surface area contributed by atoms with E-state index in [1.54, 1.807) is 7.11 Å². The van der Waals surface area contributed by atoms with Crippen molar-refractivity contribution >= 4 is 17.4 Å². The predicted molar refractivity (Wildman–Crippen MR) is 109 cm³/mol. The van der Waals surface area contributed by atoms with Gasteiger partial charge in [-0.05, 0) is 71.4 Å². The van der Waals surface area contributed by atoms with E-state index < -0.39 is 11.0 Å². The van der Waals surface area contributed by atoms with Crippen LogP contribution in [0, 0.1) is 19.3 Å². The van der Waals surface area contributed by atoms with Crippen LogP contribution in [0.15, 0.2) is 24.0 Å². The normalized spacial score (nSPS) is 25.2. The fourth-order valence-corrected chi connectivity index (χ4v) is 4.00. The molecular weight excluding hydrogens is 354 g/mol. The molecule has 0 radical (unpaired) electrons. The lowest BCUT2D eigenvalue weighted by molar-refractivity contribution is -0.150. The van der Waals surface area contributed by atoms with E-state index in [0.29, 0.717) is 24.2 Å². The highest BCUT2D eigenvalue weighted by atomic mass is 16.5. The van der Waals surface area contributed by atoms with E-state index in [4.69, 9.17) is 9.47 Å². The number of rotatable bonds is 3. The molecule has 0 bridgehead atoms. The Hall–Kier alpha value is -2.14. The zero-order chi connectivity index (χ0) is 20.7. The van der Waals surface area contributed by atoms with Crippen molar-refractivity contribution in [1.29, 1.82) is 0 Å². The number of hydrogen-bond donors (Lipinski definition) is 1. The Labute approximate surface area is 167 Å². The Balaban J connectivity index is 2.12. The summed E-state index contributed by atoms with van der Waals surface area (Å²) in [7, 11) is 1.72. The molecule has 1 amide bonds. The number of hydrogen-bond acceptors (Lipinski definition) is 4. The summed E-state index contributed by atoms with van der Waals surface area (Å²) in [6.07, 6.45) is 3.18. The highest BCUT2D eigenvalue weighted by Gasteiger charge is 2.50. The molecule has 1 saturated carbocycles. The number of nitrogens with one attached hydrogen (secondary N) is 1. The third-order valence-corrected chi connectivity index (χ3v) is 5.83. The lowest BCUT2D eigenvalue weighted by Gasteiger charge is -2.38. The Morgan fingerprint density at radius 1 is 1.18 bits per heavy atom. The van der Waals surface area contributed by atoms with Gasteiger partial charge >= 0.3 is 5.97 Å². The highest BCUT2D eigenvalue weighted by Crippen LogP contribution is 2.45. The van der Waals surface area contributed by atoms with Gasteiger partial charge in [0.05, 0.1) is 22.6 Å². The third-order valence-electron chi connectivity index (χ3n) is 5.83. The van der Waals surface area contributed by atoms with Crippen LogP contribution in [-0.4, -0.2) is 30.6 Å². The maximum absolute atomic E-state index is 13.1. The molecule has 152 valence electrons. The largest absolute Gasteiger partial charge is 0.427 e. The van der Waals surface area contributed by atoms with Crippen molar-refractivity contribution in [3.05, 3.63) is 40.6 Å². The maximum atomic E-state index is 13.1. The fraction of sp³-hybridized carbons (Fsp3) is 0.565. The average Bonchev–Trinajstić information content (AvgIpc) is 2.88. The van der Waals surface area contributed by atoms with E-state index >= 15 is 0 Å². The summed E-state index contributed by atoms with van der Waals surface area (Å²) in [5.74, 6) is -0.00278. The van der Waals surface area contributed by atoms with Crippen molar-refractivity contribution < 1.29 is 19.1 Å². The zero-order valence-electron chi connectivity index (χ0n) is 17.8. The summed E-state index contributed by atoms with van der Waals surface area (Å²) >= 11 is 0. The molecule has 1 aliphatic heterocycles. The van der Waals surface area contributed by atoms with Crippen LogP contribution < -0.4 is 5.32 Å². The minimum Gasteiger partial charge on any atom is -0.427 e. The number of ether oxygens (including phenoxy) is 2. The second-order valence-corrected chi connectivity index (χ2v) is 9.13. The number of benzene rings is 1. The second-order valence-electron chi connectivity index (χ2n) is 9.13. The van der Waals surface area contributed by atoms with Crippen LogP contribution in [-0.2, 0) is 19.1 Å². The molecule has 5 heteroatoms. The van der Waals surface area contributed by atoms with Crippen LogP contribution in [0.25, 0.3) is 5.57 Å². The Kier molecular flexibility index (Phi) is 5.41. The van der Waals surface area contributed by atoms with Gasteiger partial charge < -0.3 is 14.8 Å². The van der Waals surface area contributed by atoms with Crippen LogP contribution in [0.2, 0.25) is 0 Å². The molecule has 1 aromatic rings. The van der Waals surface area contributed by atoms with Crippen LogP contribution in [0.3, 0.4) is 0 Å². The van der Waals surface area contributed by atoms with Crippen LogP contribution in [0.5, 0.6) is 0 Å². The minimum atomic E-state index is -0.656. The Morgan fingerprint density at radius 2 is 1.82 bits per heavy atom. The Morgan fingerprint density at radius 3 is 2.39 bits per heavy atom. The molecule has 2 aliphatic rings. The fourth-order valence-electron chi connectivity index (χ4n) is 4.00. The second kappa shape index (κ2) is 7.36. The smallest absolute Gasteiger partial charge is 0.316 e. The summed E-state index contributed by atoms with van der Waals surface area (Å²) in [5.41, 5.74) is 2.08. The molecule has 5 nitrogen and oxygen atoms in total. The molecule has 1 heterocycles. The van der Waals surface area contributed by atoms with Gasteiger partial charge in [-0.2, -0.15) is 0 Å². The van der Waals surface area contributed by atoms with Gasteiger partial charge in [0.1, 0.15) is 5.76 Å². The van der Waals surface area contributed by atoms with E-state index in [9.17, 15) is 9.59 Å². The van der Waals surface area contributed by atoms with Crippen molar-refractivity contribution in [2.45, 2.75) is 71.9 Å². The lowest BCUT2D eigenvalue weighted by atomic mass is 9.79. The highest BCUT2D eigenvalue weighted by molar-refractivity contribution is 6.24. The standard InChI is InChI=1S/C23H31NO4/c1-14-7-8-15(2)17(13-14)18-19(28-21(26)22(3,4)5)23(24-20(18)25)11-9-16(27-6)10-12-23/h7-8,13,16H,9-12H2,1-6H3,(H,24,25)/t16-,23+. The van der Waals surface area contributed by atoms with Gasteiger partial charge in [-0.3, -0.25) is 9.59 Å². The molecule has 1 N–H and O–H groups in total. The number of carbonyl (C=O) groups is 2. The average molecular weight is 386 g/mol. The van der Waals surface area contributed by atoms with Gasteiger partial charge in [-0.15, -0.1) is 0 Å². The minimum absolute atomic E-state index is 0.165. The molecular formula is C23H31NO4. The van der Waals surface area contributed by atoms with Gasteiger partial charge in [-0.1, -0.05) is 23.8 Å². The van der Waals surface area contributed by atoms with E-state index in [1.165, 1.54) is 0 Å². The molecule has 0 unspecified atom stereocenters. The molecule has 1 aromatic carbocycles. The predicted octanol–water partition coefficient (Wildman–Crippen LogP) is 4.06. The lowest BCUT2D eigenvalue weighted by Crippen LogP contribution is -2.49. The number of aryl methyl sites for hydroxylation is 2. The van der Waals surface area contributed by atoms with Crippen molar-refractivity contribution in [3.63, 3.8) is 0 Å². The first kappa shape index (κ1) is 20.6. The molecule has 1 aliphatic carbocycles. The van der Waals surface area contributed by atoms with Crippen molar-refractivity contribution in [2.75, 3.05) is 7.11 Å². The van der Waals surface area contributed by atoms with Gasteiger partial charge in [0.25, 0.3) is 5.91 Å². The van der Waals surface area contributed by atoms with Crippen LogP contribution in [0.1, 0.15) is 63.1 Å². The van der Waals surface area contributed by atoms with Crippen LogP contribution >= 0.6 is 0 Å². The van der Waals surface area contributed by atoms with E-state index in [2.05, 4.69) is 5.32 Å². The van der Waals surface area contributed by atoms with Crippen LogP contribution in [0.4, 0.5) is 0 Å². The topological polar surface area (TPSA) is 64.6 Å². The van der Waals surface area contributed by atoms with Gasteiger partial charge in [-0.25, -0.2) is 0 Å². The van der Waals surface area contributed by atoms with E-state index in [1.807, 2.05) is 52.8 Å². The maximum Gasteiger partial charge on any atom is 0.316 e. The first-order chi connectivity index (χ1) is 13.1. The van der Waals surface area contributed by atoms with Crippen molar-refractivity contribution in [3.8, 4) is 0 Å². The van der Waals surface area contributed by atoms with Crippen molar-refractivity contribution in [1.82, 2.24) is 5.32 Å². The zero-order valence-corrected chi connectivity index (χ0v) is 17.8. The number of esters is 1. The summed E-state index contributed by atoms with van der Waals surface area (Å²) in [6, 6.07) is 6.02. The first-order valence-electron chi connectivity index (χ1n) is 9.97. The molecule has 0 saturated heterocycles. The first-order valence-corrected chi connectivity index (χ1v) is 9.97. The summed E-state index contributed by atoms with van der Waals surface area (Å²) in [6.45, 7) is 9.45. The Bertz CT molecular complexity index is 823. The molecule has 0 atom stereocenters. The quantitative estimate of drug-likeness (QED) is 0.797. The molecule has 1 fully saturated rings. The molecule has 28 heavy (non-hydrogen) atoms. The summed E-state index contributed by atoms with van der Waals surface area (Å²) < 4.78 is 11.5. The van der Waals surface area contributed by atoms with Gasteiger partial charge in [0, 0.05) is 7.11 Å². The van der Waals surface area contributed by atoms with Gasteiger partial charge in [0.15, 0.2) is 0 Å². The number of methoxy groups -OCH3 is 1. The number of carbonyl (C=O) groups excluding carboxylic acids is 2. The van der Waals surface area contributed by atoms with Crippen molar-refractivity contribution in [2.24, 2.45) is 5.41 Å². The number of amides is 1. The molecule has 3 rings (SSSR count). The van der Waals surface area contributed by atoms with E-state index in [0.717, 1.165) is 29.5 Å². The molecule has 1 spiro atoms. The molecule has 0 aromatic heterocycles. The SMILES string of the molecule is CO[C@H]1CC[C@]2(CC1)NC(=O)C(c1cc(C)ccc1C)=C2OC(=O)C(C)(C)C. The summed E-state index contributed by atoms with van der Waals surface area (Å²) in [4.78, 5) is 25.9. The monoisotopic (exact) mass is 385 g/mol.